The highest BCUT2D eigenvalue weighted by Gasteiger charge is 2.17. The van der Waals surface area contributed by atoms with Gasteiger partial charge in [0.2, 0.25) is 5.12 Å². The van der Waals surface area contributed by atoms with Crippen LogP contribution in [0.25, 0.3) is 0 Å². The number of carbonyl (C=O) groups excluding carboxylic acids is 2. The van der Waals surface area contributed by atoms with Crippen molar-refractivity contribution >= 4 is 74.3 Å². The Labute approximate surface area is 202 Å². The molecule has 0 atom stereocenters. The van der Waals surface area contributed by atoms with E-state index in [9.17, 15) is 9.59 Å². The lowest BCUT2D eigenvalue weighted by Crippen LogP contribution is -2.28. The molecule has 1 amide bonds. The van der Waals surface area contributed by atoms with Gasteiger partial charge >= 0.3 is 0 Å². The first-order chi connectivity index (χ1) is 14.5. The number of hydrogen-bond acceptors (Lipinski definition) is 6. The normalized spacial score (nSPS) is 12.9. The van der Waals surface area contributed by atoms with Crippen molar-refractivity contribution in [3.8, 4) is 0 Å². The van der Waals surface area contributed by atoms with Gasteiger partial charge in [0.05, 0.1) is 4.88 Å². The number of amides is 1. The highest BCUT2D eigenvalue weighted by Crippen LogP contribution is 2.26. The zero-order chi connectivity index (χ0) is 21.5. The summed E-state index contributed by atoms with van der Waals surface area (Å²) in [5, 5.41) is 11.2. The van der Waals surface area contributed by atoms with Crippen molar-refractivity contribution in [2.24, 2.45) is 0 Å². The van der Waals surface area contributed by atoms with E-state index >= 15 is 0 Å². The van der Waals surface area contributed by atoms with Gasteiger partial charge in [-0.25, -0.2) is 0 Å². The maximum atomic E-state index is 12.7. The second-order valence-corrected chi connectivity index (χ2v) is 10.3. The van der Waals surface area contributed by atoms with Crippen LogP contribution in [0.4, 0.5) is 0 Å². The molecule has 1 aromatic heterocycles. The molecule has 9 heteroatoms. The molecule has 0 aliphatic carbocycles. The van der Waals surface area contributed by atoms with Gasteiger partial charge in [-0.2, -0.15) is 0 Å². The molecule has 1 aromatic carbocycles. The van der Waals surface area contributed by atoms with Gasteiger partial charge < -0.3 is 10.2 Å². The Bertz CT molecular complexity index is 966. The first kappa shape index (κ1) is 23.4. The van der Waals surface area contributed by atoms with Crippen LogP contribution in [0.1, 0.15) is 30.5 Å². The molecule has 0 bridgehead atoms. The second-order valence-electron chi connectivity index (χ2n) is 6.43. The third-order valence-electron chi connectivity index (χ3n) is 4.47. The maximum absolute atomic E-state index is 12.7. The molecule has 0 saturated carbocycles. The summed E-state index contributed by atoms with van der Waals surface area (Å²) in [6.45, 7) is 1.94. The number of thiophene rings is 1. The van der Waals surface area contributed by atoms with Gasteiger partial charge in [-0.3, -0.25) is 15.0 Å². The number of thioether (sulfide) groups is 2. The molecule has 5 nitrogen and oxygen atoms in total. The Hall–Kier alpha value is -1.30. The summed E-state index contributed by atoms with van der Waals surface area (Å²) in [4.78, 5) is 29.6. The number of carbonyl (C=O) groups is 2. The molecule has 1 aliphatic rings. The lowest BCUT2D eigenvalue weighted by atomic mass is 10.1. The number of hydrogen-bond donors (Lipinski definition) is 2. The zero-order valence-electron chi connectivity index (χ0n) is 16.4. The van der Waals surface area contributed by atoms with E-state index in [1.54, 1.807) is 0 Å². The monoisotopic (exact) mass is 571 g/mol. The molecule has 3 rings (SSSR count). The Morgan fingerprint density at radius 2 is 2.00 bits per heavy atom. The number of nitrogens with zero attached hydrogens (tertiary/aromatic N) is 1. The van der Waals surface area contributed by atoms with E-state index in [-0.39, 0.29) is 11.0 Å². The number of halogens is 1. The van der Waals surface area contributed by atoms with Crippen LogP contribution in [0.2, 0.25) is 0 Å². The van der Waals surface area contributed by atoms with E-state index in [2.05, 4.69) is 40.1 Å². The Morgan fingerprint density at radius 3 is 2.67 bits per heavy atom. The number of amidine groups is 1. The minimum atomic E-state index is -0.0896. The van der Waals surface area contributed by atoms with Crippen LogP contribution in [-0.2, 0) is 4.43 Å². The molecule has 0 radical (unpaired) electrons. The second kappa shape index (κ2) is 11.4. The lowest BCUT2D eigenvalue weighted by molar-refractivity contribution is 0.0959. The average Bonchev–Trinajstić information content (AvgIpc) is 3.47. The van der Waals surface area contributed by atoms with Gasteiger partial charge in [-0.15, -0.1) is 23.1 Å². The zero-order valence-corrected chi connectivity index (χ0v) is 21.1. The first-order valence-electron chi connectivity index (χ1n) is 9.30. The highest BCUT2D eigenvalue weighted by atomic mass is 127. The number of alkyl halides is 1. The topological polar surface area (TPSA) is 73.3 Å². The SMILES string of the molecule is CSc1cc(C(=N)N2CC=CC2)ccc1C(=O)SCCNC(=O)c1ccc(CI)s1. The van der Waals surface area contributed by atoms with Crippen molar-refractivity contribution in [3.63, 3.8) is 0 Å². The van der Waals surface area contributed by atoms with Gasteiger partial charge in [-0.05, 0) is 30.5 Å². The Kier molecular flexibility index (Phi) is 8.84. The largest absolute Gasteiger partial charge is 0.350 e. The molecule has 2 heterocycles. The van der Waals surface area contributed by atoms with Gasteiger partial charge in [0.1, 0.15) is 5.84 Å². The summed E-state index contributed by atoms with van der Waals surface area (Å²) < 4.78 is 0.894. The summed E-state index contributed by atoms with van der Waals surface area (Å²) in [5.74, 6) is 0.900. The summed E-state index contributed by atoms with van der Waals surface area (Å²) in [5.41, 5.74) is 1.47. The fourth-order valence-electron chi connectivity index (χ4n) is 2.90. The predicted octanol–water partition coefficient (Wildman–Crippen LogP) is 4.91. The van der Waals surface area contributed by atoms with Crippen molar-refractivity contribution in [1.29, 1.82) is 5.41 Å². The van der Waals surface area contributed by atoms with E-state index in [0.29, 0.717) is 28.6 Å². The predicted molar refractivity (Wildman–Crippen MR) is 137 cm³/mol. The van der Waals surface area contributed by atoms with Gasteiger partial charge in [0, 0.05) is 50.7 Å². The summed E-state index contributed by atoms with van der Waals surface area (Å²) in [7, 11) is 0. The summed E-state index contributed by atoms with van der Waals surface area (Å²) >= 11 is 6.49. The summed E-state index contributed by atoms with van der Waals surface area (Å²) in [6, 6.07) is 9.39. The smallest absolute Gasteiger partial charge is 0.261 e. The molecular formula is C21H22IN3O2S3. The lowest BCUT2D eigenvalue weighted by Gasteiger charge is -2.19. The third-order valence-corrected chi connectivity index (χ3v) is 8.56. The fraction of sp³-hybridized carbons (Fsp3) is 0.286. The van der Waals surface area contributed by atoms with E-state index in [1.807, 2.05) is 41.5 Å². The van der Waals surface area contributed by atoms with Crippen molar-refractivity contribution in [2.45, 2.75) is 9.32 Å². The average molecular weight is 572 g/mol. The molecule has 0 spiro atoms. The first-order valence-corrected chi connectivity index (χ1v) is 13.9. The van der Waals surface area contributed by atoms with Crippen LogP contribution >= 0.6 is 57.5 Å². The number of rotatable bonds is 8. The Morgan fingerprint density at radius 1 is 1.23 bits per heavy atom. The van der Waals surface area contributed by atoms with E-state index in [4.69, 9.17) is 5.41 Å². The van der Waals surface area contributed by atoms with Crippen LogP contribution < -0.4 is 5.32 Å². The van der Waals surface area contributed by atoms with Crippen LogP contribution in [0.5, 0.6) is 0 Å². The molecule has 2 N–H and O–H groups in total. The molecule has 2 aromatic rings. The van der Waals surface area contributed by atoms with Gasteiger partial charge in [-0.1, -0.05) is 52.6 Å². The van der Waals surface area contributed by atoms with Crippen LogP contribution in [-0.4, -0.2) is 53.4 Å². The molecule has 30 heavy (non-hydrogen) atoms. The van der Waals surface area contributed by atoms with Crippen molar-refractivity contribution in [2.75, 3.05) is 31.6 Å². The minimum Gasteiger partial charge on any atom is -0.350 e. The molecule has 0 fully saturated rings. The third kappa shape index (κ3) is 5.89. The molecule has 0 unspecified atom stereocenters. The quantitative estimate of drug-likeness (QED) is 0.0897. The highest BCUT2D eigenvalue weighted by molar-refractivity contribution is 14.1. The number of benzene rings is 1. The molecule has 158 valence electrons. The molecule has 1 aliphatic heterocycles. The van der Waals surface area contributed by atoms with Crippen molar-refractivity contribution in [3.05, 3.63) is 63.4 Å². The molecule has 0 saturated heterocycles. The standard InChI is InChI=1S/C21H22IN3O2S3/c1-28-18-12-14(19(23)25-9-2-3-10-25)4-6-16(18)21(27)29-11-8-24-20(26)17-7-5-15(13-22)30-17/h2-7,12,23H,8-11,13H2,1H3,(H,24,26). The number of nitrogens with one attached hydrogen (secondary N) is 2. The van der Waals surface area contributed by atoms with E-state index < -0.39 is 0 Å². The minimum absolute atomic E-state index is 0.0159. The van der Waals surface area contributed by atoms with Crippen molar-refractivity contribution < 1.29 is 9.59 Å². The maximum Gasteiger partial charge on any atom is 0.261 e. The van der Waals surface area contributed by atoms with E-state index in [0.717, 1.165) is 28.0 Å². The van der Waals surface area contributed by atoms with Crippen LogP contribution in [0.15, 0.2) is 47.4 Å². The Balaban J connectivity index is 1.53. The van der Waals surface area contributed by atoms with Gasteiger partial charge in [0.25, 0.3) is 5.91 Å². The summed E-state index contributed by atoms with van der Waals surface area (Å²) in [6.07, 6.45) is 6.04. The van der Waals surface area contributed by atoms with Crippen LogP contribution in [0, 0.1) is 5.41 Å². The van der Waals surface area contributed by atoms with Gasteiger partial charge in [0.15, 0.2) is 0 Å². The van der Waals surface area contributed by atoms with E-state index in [1.165, 1.54) is 39.7 Å². The van der Waals surface area contributed by atoms with Crippen molar-refractivity contribution in [1.82, 2.24) is 10.2 Å². The fourth-order valence-corrected chi connectivity index (χ4v) is 5.80. The van der Waals surface area contributed by atoms with Crippen LogP contribution in [0.3, 0.4) is 0 Å². The molecular weight excluding hydrogens is 549 g/mol.